The van der Waals surface area contributed by atoms with Gasteiger partial charge in [0.15, 0.2) is 0 Å². The minimum atomic E-state index is -0.783. The molecular formula is C13H26N2O2. The largest absolute Gasteiger partial charge is 0.388 e. The van der Waals surface area contributed by atoms with Crippen LogP contribution in [0.15, 0.2) is 0 Å². The van der Waals surface area contributed by atoms with E-state index < -0.39 is 11.0 Å². The zero-order valence-corrected chi connectivity index (χ0v) is 11.3. The number of amides is 1. The maximum atomic E-state index is 12.2. The highest BCUT2D eigenvalue weighted by molar-refractivity contribution is 5.83. The van der Waals surface area contributed by atoms with Crippen molar-refractivity contribution in [3.05, 3.63) is 0 Å². The van der Waals surface area contributed by atoms with E-state index in [1.54, 1.807) is 0 Å². The van der Waals surface area contributed by atoms with Crippen LogP contribution in [0, 0.1) is 5.41 Å². The number of hydrogen-bond donors (Lipinski definition) is 3. The summed E-state index contributed by atoms with van der Waals surface area (Å²) in [4.78, 5) is 12.2. The summed E-state index contributed by atoms with van der Waals surface area (Å²) in [5, 5.41) is 13.0. The van der Waals surface area contributed by atoms with Crippen molar-refractivity contribution in [3.8, 4) is 0 Å². The highest BCUT2D eigenvalue weighted by atomic mass is 16.3. The topological polar surface area (TPSA) is 75.3 Å². The van der Waals surface area contributed by atoms with Gasteiger partial charge in [0.1, 0.15) is 0 Å². The van der Waals surface area contributed by atoms with Crippen LogP contribution in [0.4, 0.5) is 0 Å². The summed E-state index contributed by atoms with van der Waals surface area (Å²) in [6, 6.07) is -0.0566. The van der Waals surface area contributed by atoms with Crippen LogP contribution in [0.3, 0.4) is 0 Å². The van der Waals surface area contributed by atoms with E-state index in [4.69, 9.17) is 5.73 Å². The Labute approximate surface area is 104 Å². The van der Waals surface area contributed by atoms with Crippen molar-refractivity contribution in [3.63, 3.8) is 0 Å². The summed E-state index contributed by atoms with van der Waals surface area (Å²) >= 11 is 0. The number of carbonyl (C=O) groups is 1. The number of rotatable bonds is 5. The van der Waals surface area contributed by atoms with Crippen molar-refractivity contribution >= 4 is 5.91 Å². The van der Waals surface area contributed by atoms with Crippen LogP contribution < -0.4 is 11.1 Å². The lowest BCUT2D eigenvalue weighted by atomic mass is 9.84. The van der Waals surface area contributed by atoms with Crippen LogP contribution >= 0.6 is 0 Å². The van der Waals surface area contributed by atoms with Gasteiger partial charge in [0.05, 0.1) is 11.0 Å². The average Bonchev–Trinajstić information content (AvgIpc) is 2.67. The third-order valence-electron chi connectivity index (χ3n) is 4.44. The summed E-state index contributed by atoms with van der Waals surface area (Å²) in [7, 11) is 0. The number of aliphatic hydroxyl groups is 1. The predicted molar refractivity (Wildman–Crippen MR) is 68.5 cm³/mol. The molecule has 4 nitrogen and oxygen atoms in total. The molecule has 100 valence electrons. The van der Waals surface area contributed by atoms with Crippen LogP contribution in [0.2, 0.25) is 0 Å². The van der Waals surface area contributed by atoms with Gasteiger partial charge in [-0.1, -0.05) is 20.3 Å². The quantitative estimate of drug-likeness (QED) is 0.677. The fourth-order valence-corrected chi connectivity index (χ4v) is 2.42. The van der Waals surface area contributed by atoms with Crippen LogP contribution in [-0.2, 0) is 4.79 Å². The molecular weight excluding hydrogens is 216 g/mol. The molecule has 0 aromatic carbocycles. The Morgan fingerprint density at radius 2 is 2.12 bits per heavy atom. The minimum absolute atomic E-state index is 0.0113. The maximum Gasteiger partial charge on any atom is 0.227 e. The molecule has 0 radical (unpaired) electrons. The molecule has 1 saturated carbocycles. The molecule has 0 heterocycles. The van der Waals surface area contributed by atoms with Crippen molar-refractivity contribution in [1.82, 2.24) is 5.32 Å². The van der Waals surface area contributed by atoms with Crippen molar-refractivity contribution < 1.29 is 9.90 Å². The molecule has 0 aliphatic heterocycles. The Kier molecular flexibility index (Phi) is 4.55. The normalized spacial score (nSPS) is 29.4. The van der Waals surface area contributed by atoms with Gasteiger partial charge < -0.3 is 16.2 Å². The first-order valence-corrected chi connectivity index (χ1v) is 6.64. The van der Waals surface area contributed by atoms with Crippen LogP contribution in [0.1, 0.15) is 52.9 Å². The Bertz CT molecular complexity index is 277. The van der Waals surface area contributed by atoms with E-state index in [9.17, 15) is 9.90 Å². The number of hydrogen-bond acceptors (Lipinski definition) is 3. The summed E-state index contributed by atoms with van der Waals surface area (Å²) in [6.45, 7) is 6.11. The maximum absolute atomic E-state index is 12.2. The van der Waals surface area contributed by atoms with Gasteiger partial charge in [0, 0.05) is 12.6 Å². The summed E-state index contributed by atoms with van der Waals surface area (Å²) in [5.41, 5.74) is 4.76. The molecule has 2 atom stereocenters. The molecule has 1 aliphatic rings. The Morgan fingerprint density at radius 1 is 1.53 bits per heavy atom. The fourth-order valence-electron chi connectivity index (χ4n) is 2.42. The van der Waals surface area contributed by atoms with Crippen LogP contribution in [0.5, 0.6) is 0 Å². The first-order valence-electron chi connectivity index (χ1n) is 6.64. The first-order chi connectivity index (χ1) is 7.88. The molecule has 1 aliphatic carbocycles. The highest BCUT2D eigenvalue weighted by Gasteiger charge is 2.43. The van der Waals surface area contributed by atoms with Gasteiger partial charge in [0.25, 0.3) is 0 Å². The molecule has 17 heavy (non-hydrogen) atoms. The second kappa shape index (κ2) is 5.36. The molecule has 0 aromatic heterocycles. The average molecular weight is 242 g/mol. The van der Waals surface area contributed by atoms with Gasteiger partial charge in [0.2, 0.25) is 5.91 Å². The smallest absolute Gasteiger partial charge is 0.227 e. The Morgan fingerprint density at radius 3 is 2.53 bits per heavy atom. The first kappa shape index (κ1) is 14.5. The molecule has 0 bridgehead atoms. The standard InChI is InChI=1S/C13H26N2O2/c1-4-13(17,5-2)9-15-11(16)12(3)8-6-7-10(12)14/h10,17H,4-9,14H2,1-3H3,(H,15,16). The van der Waals surface area contributed by atoms with Gasteiger partial charge in [-0.3, -0.25) is 4.79 Å². The van der Waals surface area contributed by atoms with Gasteiger partial charge in [-0.25, -0.2) is 0 Å². The molecule has 4 heteroatoms. The predicted octanol–water partition coefficient (Wildman–Crippen LogP) is 1.17. The van der Waals surface area contributed by atoms with E-state index in [0.29, 0.717) is 19.4 Å². The molecule has 0 saturated heterocycles. The van der Waals surface area contributed by atoms with Crippen molar-refractivity contribution in [2.45, 2.75) is 64.5 Å². The van der Waals surface area contributed by atoms with Crippen LogP contribution in [0.25, 0.3) is 0 Å². The SMILES string of the molecule is CCC(O)(CC)CNC(=O)C1(C)CCCC1N. The van der Waals surface area contributed by atoms with E-state index in [0.717, 1.165) is 19.3 Å². The Hall–Kier alpha value is -0.610. The van der Waals surface area contributed by atoms with E-state index in [2.05, 4.69) is 5.32 Å². The summed E-state index contributed by atoms with van der Waals surface area (Å²) in [6.07, 6.45) is 4.06. The van der Waals surface area contributed by atoms with E-state index in [1.807, 2.05) is 20.8 Å². The molecule has 1 fully saturated rings. The van der Waals surface area contributed by atoms with Crippen molar-refractivity contribution in [1.29, 1.82) is 0 Å². The monoisotopic (exact) mass is 242 g/mol. The molecule has 0 spiro atoms. The van der Waals surface area contributed by atoms with Crippen molar-refractivity contribution in [2.75, 3.05) is 6.54 Å². The van der Waals surface area contributed by atoms with Gasteiger partial charge in [-0.15, -0.1) is 0 Å². The lowest BCUT2D eigenvalue weighted by Gasteiger charge is -2.31. The molecule has 1 rings (SSSR count). The lowest BCUT2D eigenvalue weighted by molar-refractivity contribution is -0.131. The van der Waals surface area contributed by atoms with Gasteiger partial charge in [-0.05, 0) is 32.6 Å². The molecule has 4 N–H and O–H groups in total. The van der Waals surface area contributed by atoms with E-state index in [-0.39, 0.29) is 11.9 Å². The third-order valence-corrected chi connectivity index (χ3v) is 4.44. The zero-order valence-electron chi connectivity index (χ0n) is 11.3. The second-order valence-electron chi connectivity index (χ2n) is 5.53. The molecule has 2 unspecified atom stereocenters. The third kappa shape index (κ3) is 2.99. The number of nitrogens with two attached hydrogens (primary N) is 1. The second-order valence-corrected chi connectivity index (χ2v) is 5.53. The molecule has 1 amide bonds. The Balaban J connectivity index is 2.55. The van der Waals surface area contributed by atoms with E-state index in [1.165, 1.54) is 0 Å². The van der Waals surface area contributed by atoms with Crippen molar-refractivity contribution in [2.24, 2.45) is 11.1 Å². The molecule has 0 aromatic rings. The minimum Gasteiger partial charge on any atom is -0.388 e. The number of carbonyl (C=O) groups excluding carboxylic acids is 1. The summed E-state index contributed by atoms with van der Waals surface area (Å²) in [5.74, 6) is -0.0113. The van der Waals surface area contributed by atoms with Gasteiger partial charge in [-0.2, -0.15) is 0 Å². The lowest BCUT2D eigenvalue weighted by Crippen LogP contribution is -2.51. The summed E-state index contributed by atoms with van der Waals surface area (Å²) < 4.78 is 0. The number of nitrogens with one attached hydrogen (secondary N) is 1. The van der Waals surface area contributed by atoms with Crippen LogP contribution in [-0.4, -0.2) is 29.2 Å². The van der Waals surface area contributed by atoms with Gasteiger partial charge >= 0.3 is 0 Å². The zero-order chi connectivity index (χ0) is 13.1. The fraction of sp³-hybridized carbons (Fsp3) is 0.923. The van der Waals surface area contributed by atoms with E-state index >= 15 is 0 Å². The highest BCUT2D eigenvalue weighted by Crippen LogP contribution is 2.36.